The monoisotopic (exact) mass is 246 g/mol. The Balaban J connectivity index is 2.74. The average molecular weight is 246 g/mol. The molecule has 0 aliphatic heterocycles. The molecule has 1 unspecified atom stereocenters. The van der Waals surface area contributed by atoms with Gasteiger partial charge >= 0.3 is 0 Å². The molecule has 16 heavy (non-hydrogen) atoms. The number of rotatable bonds is 5. The molecule has 90 valence electrons. The van der Waals surface area contributed by atoms with E-state index in [0.717, 1.165) is 5.56 Å². The highest BCUT2D eigenvalue weighted by molar-refractivity contribution is 7.86. The van der Waals surface area contributed by atoms with Crippen molar-refractivity contribution in [3.63, 3.8) is 0 Å². The van der Waals surface area contributed by atoms with Crippen LogP contribution >= 0.6 is 0 Å². The van der Waals surface area contributed by atoms with E-state index in [9.17, 15) is 8.42 Å². The topological polar surface area (TPSA) is 83.8 Å². The van der Waals surface area contributed by atoms with Crippen molar-refractivity contribution in [3.8, 4) is 0 Å². The molecule has 0 bridgehead atoms. The molecule has 0 saturated heterocycles. The molecule has 0 saturated carbocycles. The maximum absolute atomic E-state index is 11.5. The van der Waals surface area contributed by atoms with Crippen LogP contribution in [0, 0.1) is 6.92 Å². The van der Waals surface area contributed by atoms with E-state index in [4.69, 9.17) is 10.2 Å². The van der Waals surface area contributed by atoms with E-state index in [0.29, 0.717) is 0 Å². The molecular weight excluding hydrogens is 232 g/mol. The standard InChI is InChI=1S/C10H14O5S/c1-8-2-4-10(5-3-8)16(13,14)15-7-9(12)6-11/h2-5,9,11-12H,6-7H2,1H3. The Bertz CT molecular complexity index is 423. The third-order valence-electron chi connectivity index (χ3n) is 1.94. The Morgan fingerprint density at radius 3 is 2.38 bits per heavy atom. The molecule has 1 aromatic rings. The number of aryl methyl sites for hydroxylation is 1. The van der Waals surface area contributed by atoms with Crippen LogP contribution in [-0.2, 0) is 14.3 Å². The highest BCUT2D eigenvalue weighted by Crippen LogP contribution is 2.13. The van der Waals surface area contributed by atoms with Gasteiger partial charge in [-0.05, 0) is 19.1 Å². The molecule has 0 fully saturated rings. The molecule has 0 heterocycles. The average Bonchev–Trinajstić information content (AvgIpc) is 2.26. The molecule has 1 aromatic carbocycles. The Hall–Kier alpha value is -0.950. The molecule has 0 spiro atoms. The van der Waals surface area contributed by atoms with Gasteiger partial charge in [-0.2, -0.15) is 8.42 Å². The summed E-state index contributed by atoms with van der Waals surface area (Å²) in [5, 5.41) is 17.5. The fraction of sp³-hybridized carbons (Fsp3) is 0.400. The van der Waals surface area contributed by atoms with Crippen LogP contribution in [0.3, 0.4) is 0 Å². The van der Waals surface area contributed by atoms with E-state index in [-0.39, 0.29) is 4.90 Å². The molecule has 0 aliphatic carbocycles. The zero-order valence-corrected chi connectivity index (χ0v) is 9.64. The van der Waals surface area contributed by atoms with E-state index in [2.05, 4.69) is 4.18 Å². The zero-order valence-electron chi connectivity index (χ0n) is 8.83. The summed E-state index contributed by atoms with van der Waals surface area (Å²) < 4.78 is 27.7. The van der Waals surface area contributed by atoms with Crippen LogP contribution in [0.15, 0.2) is 29.2 Å². The first-order chi connectivity index (χ1) is 7.45. The van der Waals surface area contributed by atoms with Crippen LogP contribution in [0.25, 0.3) is 0 Å². The first kappa shape index (κ1) is 13.1. The number of hydrogen-bond donors (Lipinski definition) is 2. The van der Waals surface area contributed by atoms with Gasteiger partial charge in [-0.25, -0.2) is 0 Å². The minimum atomic E-state index is -3.85. The summed E-state index contributed by atoms with van der Waals surface area (Å²) in [6.07, 6.45) is -1.19. The molecule has 1 atom stereocenters. The van der Waals surface area contributed by atoms with Crippen LogP contribution in [0.5, 0.6) is 0 Å². The minimum absolute atomic E-state index is 0.0308. The van der Waals surface area contributed by atoms with Crippen molar-refractivity contribution in [2.45, 2.75) is 17.9 Å². The number of aliphatic hydroxyl groups excluding tert-OH is 2. The largest absolute Gasteiger partial charge is 0.394 e. The van der Waals surface area contributed by atoms with Gasteiger partial charge in [0.15, 0.2) is 0 Å². The highest BCUT2D eigenvalue weighted by atomic mass is 32.2. The van der Waals surface area contributed by atoms with Gasteiger partial charge < -0.3 is 10.2 Å². The van der Waals surface area contributed by atoms with Crippen LogP contribution in [-0.4, -0.2) is 37.9 Å². The van der Waals surface area contributed by atoms with E-state index < -0.39 is 29.4 Å². The molecule has 0 radical (unpaired) electrons. The van der Waals surface area contributed by atoms with Crippen LogP contribution < -0.4 is 0 Å². The second kappa shape index (κ2) is 5.40. The molecule has 0 aromatic heterocycles. The molecule has 6 heteroatoms. The molecule has 2 N–H and O–H groups in total. The third kappa shape index (κ3) is 3.57. The summed E-state index contributed by atoms with van der Waals surface area (Å²) >= 11 is 0. The van der Waals surface area contributed by atoms with Gasteiger partial charge in [0.25, 0.3) is 10.1 Å². The molecule has 0 amide bonds. The van der Waals surface area contributed by atoms with Gasteiger partial charge in [-0.3, -0.25) is 4.18 Å². The second-order valence-electron chi connectivity index (χ2n) is 3.39. The normalized spacial score (nSPS) is 13.7. The number of hydrogen-bond acceptors (Lipinski definition) is 5. The van der Waals surface area contributed by atoms with Crippen molar-refractivity contribution in [3.05, 3.63) is 29.8 Å². The second-order valence-corrected chi connectivity index (χ2v) is 5.00. The van der Waals surface area contributed by atoms with Gasteiger partial charge in [-0.1, -0.05) is 17.7 Å². The van der Waals surface area contributed by atoms with Crippen LogP contribution in [0.1, 0.15) is 5.56 Å². The molecular formula is C10H14O5S. The summed E-state index contributed by atoms with van der Waals surface area (Å²) in [6.45, 7) is 0.850. The smallest absolute Gasteiger partial charge is 0.297 e. The lowest BCUT2D eigenvalue weighted by Crippen LogP contribution is -2.22. The van der Waals surface area contributed by atoms with Crippen molar-refractivity contribution in [2.24, 2.45) is 0 Å². The van der Waals surface area contributed by atoms with E-state index in [1.54, 1.807) is 12.1 Å². The van der Waals surface area contributed by atoms with Crippen molar-refractivity contribution in [1.82, 2.24) is 0 Å². The number of benzene rings is 1. The van der Waals surface area contributed by atoms with E-state index >= 15 is 0 Å². The lowest BCUT2D eigenvalue weighted by molar-refractivity contribution is 0.0557. The Morgan fingerprint density at radius 1 is 1.31 bits per heavy atom. The maximum atomic E-state index is 11.5. The summed E-state index contributed by atoms with van der Waals surface area (Å²) in [5.41, 5.74) is 0.939. The van der Waals surface area contributed by atoms with Gasteiger partial charge in [0.1, 0.15) is 6.10 Å². The van der Waals surface area contributed by atoms with Crippen LogP contribution in [0.2, 0.25) is 0 Å². The van der Waals surface area contributed by atoms with Crippen LogP contribution in [0.4, 0.5) is 0 Å². The predicted octanol–water partition coefficient (Wildman–Crippen LogP) is 0.0535. The Morgan fingerprint density at radius 2 is 1.88 bits per heavy atom. The minimum Gasteiger partial charge on any atom is -0.394 e. The van der Waals surface area contributed by atoms with E-state index in [1.165, 1.54) is 12.1 Å². The third-order valence-corrected chi connectivity index (χ3v) is 3.23. The quantitative estimate of drug-likeness (QED) is 0.717. The van der Waals surface area contributed by atoms with Gasteiger partial charge in [-0.15, -0.1) is 0 Å². The lowest BCUT2D eigenvalue weighted by atomic mass is 10.2. The van der Waals surface area contributed by atoms with Crippen molar-refractivity contribution >= 4 is 10.1 Å². The summed E-state index contributed by atoms with van der Waals surface area (Å²) in [6, 6.07) is 6.16. The molecule has 5 nitrogen and oxygen atoms in total. The first-order valence-electron chi connectivity index (χ1n) is 4.71. The van der Waals surface area contributed by atoms with E-state index in [1.807, 2.05) is 6.92 Å². The summed E-state index contributed by atoms with van der Waals surface area (Å²) in [5.74, 6) is 0. The predicted molar refractivity (Wildman–Crippen MR) is 57.4 cm³/mol. The Kier molecular flexibility index (Phi) is 4.43. The maximum Gasteiger partial charge on any atom is 0.297 e. The van der Waals surface area contributed by atoms with Crippen molar-refractivity contribution in [1.29, 1.82) is 0 Å². The summed E-state index contributed by atoms with van der Waals surface area (Å²) in [4.78, 5) is 0.0308. The van der Waals surface area contributed by atoms with Crippen molar-refractivity contribution < 1.29 is 22.8 Å². The molecule has 1 rings (SSSR count). The summed E-state index contributed by atoms with van der Waals surface area (Å²) in [7, 11) is -3.85. The fourth-order valence-electron chi connectivity index (χ4n) is 0.994. The number of aliphatic hydroxyl groups is 2. The highest BCUT2D eigenvalue weighted by Gasteiger charge is 2.16. The zero-order chi connectivity index (χ0) is 12.2. The lowest BCUT2D eigenvalue weighted by Gasteiger charge is -2.08. The molecule has 0 aliphatic rings. The SMILES string of the molecule is Cc1ccc(S(=O)(=O)OCC(O)CO)cc1. The Labute approximate surface area is 94.4 Å². The van der Waals surface area contributed by atoms with Gasteiger partial charge in [0.2, 0.25) is 0 Å². The fourth-order valence-corrected chi connectivity index (χ4v) is 1.94. The van der Waals surface area contributed by atoms with Crippen molar-refractivity contribution in [2.75, 3.05) is 13.2 Å². The van der Waals surface area contributed by atoms with Gasteiger partial charge in [0.05, 0.1) is 18.1 Å². The first-order valence-corrected chi connectivity index (χ1v) is 6.11. The van der Waals surface area contributed by atoms with Gasteiger partial charge in [0, 0.05) is 0 Å².